The minimum Gasteiger partial charge on any atom is -0.436 e. The molecule has 0 saturated carbocycles. The minimum atomic E-state index is -0.829. The van der Waals surface area contributed by atoms with Gasteiger partial charge < -0.3 is 4.74 Å². The normalized spacial score (nSPS) is 11.5. The molecule has 0 saturated heterocycles. The average Bonchev–Trinajstić information content (AvgIpc) is 3.16. The monoisotopic (exact) mass is 406 g/mol. The van der Waals surface area contributed by atoms with Gasteiger partial charge in [-0.25, -0.2) is 14.1 Å². The van der Waals surface area contributed by atoms with Gasteiger partial charge in [-0.05, 0) is 30.2 Å². The highest BCUT2D eigenvalue weighted by Gasteiger charge is 2.23. The molecule has 5 nitrogen and oxygen atoms in total. The van der Waals surface area contributed by atoms with Gasteiger partial charge in [0.1, 0.15) is 12.1 Å². The van der Waals surface area contributed by atoms with Crippen molar-refractivity contribution in [3.05, 3.63) is 95.6 Å². The molecule has 2 heterocycles. The summed E-state index contributed by atoms with van der Waals surface area (Å²) in [5.74, 6) is -1.46. The number of hydrogen-bond acceptors (Lipinski definition) is 4. The molecule has 4 aromatic rings. The van der Waals surface area contributed by atoms with Gasteiger partial charge in [0.25, 0.3) is 5.88 Å². The second-order valence-electron chi connectivity index (χ2n) is 7.54. The van der Waals surface area contributed by atoms with Gasteiger partial charge in [0.05, 0.1) is 12.4 Å². The lowest BCUT2D eigenvalue weighted by Crippen LogP contribution is -2.18. The van der Waals surface area contributed by atoms with Crippen LogP contribution in [0.2, 0.25) is 0 Å². The van der Waals surface area contributed by atoms with Crippen LogP contribution in [0.3, 0.4) is 0 Å². The molecule has 0 spiro atoms. The molecule has 7 heteroatoms. The van der Waals surface area contributed by atoms with E-state index in [0.717, 1.165) is 29.0 Å². The Balaban J connectivity index is 1.58. The van der Waals surface area contributed by atoms with Crippen LogP contribution >= 0.6 is 0 Å². The molecule has 0 fully saturated rings. The zero-order valence-corrected chi connectivity index (χ0v) is 16.8. The van der Waals surface area contributed by atoms with E-state index in [1.807, 2.05) is 12.1 Å². The Kier molecular flexibility index (Phi) is 5.03. The molecule has 0 aliphatic carbocycles. The Morgan fingerprint density at radius 1 is 0.900 bits per heavy atom. The molecule has 0 radical (unpaired) electrons. The maximum absolute atomic E-state index is 14.7. The number of aromatic nitrogens is 4. The Labute approximate surface area is 173 Å². The van der Waals surface area contributed by atoms with Gasteiger partial charge in [-0.3, -0.25) is 0 Å². The highest BCUT2D eigenvalue weighted by molar-refractivity contribution is 5.42. The molecule has 4 rings (SSSR count). The summed E-state index contributed by atoms with van der Waals surface area (Å²) in [6, 6.07) is 15.8. The van der Waals surface area contributed by atoms with E-state index in [0.29, 0.717) is 5.75 Å². The van der Waals surface area contributed by atoms with Gasteiger partial charge in [0, 0.05) is 5.41 Å². The van der Waals surface area contributed by atoms with E-state index in [1.54, 1.807) is 12.1 Å². The van der Waals surface area contributed by atoms with Crippen LogP contribution in [0.15, 0.2) is 67.3 Å². The third kappa shape index (κ3) is 3.78. The van der Waals surface area contributed by atoms with E-state index >= 15 is 0 Å². The fourth-order valence-electron chi connectivity index (χ4n) is 3.18. The van der Waals surface area contributed by atoms with Crippen LogP contribution in [0.5, 0.6) is 11.6 Å². The minimum absolute atomic E-state index is 0.193. The van der Waals surface area contributed by atoms with Crippen LogP contribution in [-0.2, 0) is 5.41 Å². The lowest BCUT2D eigenvalue weighted by Gasteiger charge is -2.26. The fraction of sp³-hybridized carbons (Fsp3) is 0.174. The van der Waals surface area contributed by atoms with E-state index in [4.69, 9.17) is 4.74 Å². The predicted octanol–water partition coefficient (Wildman–Crippen LogP) is 5.37. The molecule has 2 aromatic heterocycles. The van der Waals surface area contributed by atoms with Crippen LogP contribution in [0.25, 0.3) is 5.82 Å². The lowest BCUT2D eigenvalue weighted by molar-refractivity contribution is 0.416. The predicted molar refractivity (Wildman–Crippen MR) is 109 cm³/mol. The van der Waals surface area contributed by atoms with E-state index in [1.165, 1.54) is 11.1 Å². The second kappa shape index (κ2) is 7.67. The van der Waals surface area contributed by atoms with Gasteiger partial charge in [0.2, 0.25) is 5.82 Å². The number of aryl methyl sites for hydroxylation is 1. The molecule has 0 atom stereocenters. The van der Waals surface area contributed by atoms with Gasteiger partial charge in [-0.1, -0.05) is 55.8 Å². The van der Waals surface area contributed by atoms with Gasteiger partial charge in [-0.15, -0.1) is 0 Å². The van der Waals surface area contributed by atoms with Gasteiger partial charge in [-0.2, -0.15) is 14.5 Å². The van der Waals surface area contributed by atoms with Crippen molar-refractivity contribution in [2.45, 2.75) is 26.2 Å². The maximum atomic E-state index is 14.7. The topological polar surface area (TPSA) is 52.8 Å². The third-order valence-corrected chi connectivity index (χ3v) is 5.07. The average molecular weight is 406 g/mol. The quantitative estimate of drug-likeness (QED) is 0.447. The number of rotatable bonds is 5. The molecule has 30 heavy (non-hydrogen) atoms. The Morgan fingerprint density at radius 2 is 1.53 bits per heavy atom. The molecule has 0 N–H and O–H groups in total. The number of ether oxygens (including phenoxy) is 1. The van der Waals surface area contributed by atoms with Crippen molar-refractivity contribution in [3.63, 3.8) is 0 Å². The van der Waals surface area contributed by atoms with Crippen molar-refractivity contribution in [1.82, 2.24) is 19.7 Å². The third-order valence-electron chi connectivity index (χ3n) is 5.07. The number of nitrogens with zero attached hydrogens (tertiary/aromatic N) is 4. The summed E-state index contributed by atoms with van der Waals surface area (Å²) < 4.78 is 34.5. The summed E-state index contributed by atoms with van der Waals surface area (Å²) in [5, 5.41) is 3.72. The maximum Gasteiger partial charge on any atom is 0.261 e. The van der Waals surface area contributed by atoms with Crippen molar-refractivity contribution in [1.29, 1.82) is 0 Å². The smallest absolute Gasteiger partial charge is 0.261 e. The van der Waals surface area contributed by atoms with Crippen LogP contribution < -0.4 is 4.74 Å². The standard InChI is InChI=1S/C23H20F2N4O/c1-15-4-6-16(7-5-15)23(2,3)17-8-10-19(11-9-17)30-22-20(25)21(26-14-27-22)29-13-18(24)12-28-29/h4-14H,1-3H3. The summed E-state index contributed by atoms with van der Waals surface area (Å²) in [6.07, 6.45) is 3.13. The summed E-state index contributed by atoms with van der Waals surface area (Å²) in [6.45, 7) is 6.35. The van der Waals surface area contributed by atoms with Crippen molar-refractivity contribution in [3.8, 4) is 17.4 Å². The largest absolute Gasteiger partial charge is 0.436 e. The van der Waals surface area contributed by atoms with Crippen molar-refractivity contribution >= 4 is 0 Å². The number of halogens is 2. The summed E-state index contributed by atoms with van der Waals surface area (Å²) in [7, 11) is 0. The highest BCUT2D eigenvalue weighted by Crippen LogP contribution is 2.33. The van der Waals surface area contributed by atoms with E-state index in [-0.39, 0.29) is 17.1 Å². The molecule has 0 amide bonds. The highest BCUT2D eigenvalue weighted by atomic mass is 19.1. The van der Waals surface area contributed by atoms with E-state index in [9.17, 15) is 8.78 Å². The van der Waals surface area contributed by atoms with Crippen LogP contribution in [-0.4, -0.2) is 19.7 Å². The van der Waals surface area contributed by atoms with Crippen molar-refractivity contribution in [2.75, 3.05) is 0 Å². The zero-order valence-electron chi connectivity index (χ0n) is 16.8. The van der Waals surface area contributed by atoms with Crippen LogP contribution in [0.1, 0.15) is 30.5 Å². The molecule has 2 aromatic carbocycles. The first-order chi connectivity index (χ1) is 14.3. The molecular formula is C23H20F2N4O. The Morgan fingerprint density at radius 3 is 2.13 bits per heavy atom. The van der Waals surface area contributed by atoms with Crippen molar-refractivity contribution in [2.24, 2.45) is 0 Å². The Hall–Kier alpha value is -3.61. The first-order valence-electron chi connectivity index (χ1n) is 9.41. The number of benzene rings is 2. The lowest BCUT2D eigenvalue weighted by atomic mass is 9.78. The molecular weight excluding hydrogens is 386 g/mol. The van der Waals surface area contributed by atoms with Crippen molar-refractivity contribution < 1.29 is 13.5 Å². The molecule has 0 aliphatic rings. The Bertz CT molecular complexity index is 1170. The molecule has 152 valence electrons. The first kappa shape index (κ1) is 19.7. The SMILES string of the molecule is Cc1ccc(C(C)(C)c2ccc(Oc3ncnc(-n4cc(F)cn4)c3F)cc2)cc1. The van der Waals surface area contributed by atoms with Gasteiger partial charge >= 0.3 is 0 Å². The van der Waals surface area contributed by atoms with Crippen LogP contribution in [0, 0.1) is 18.6 Å². The van der Waals surface area contributed by atoms with Gasteiger partial charge in [0.15, 0.2) is 11.6 Å². The number of hydrogen-bond donors (Lipinski definition) is 0. The van der Waals surface area contributed by atoms with E-state index in [2.05, 4.69) is 60.1 Å². The summed E-state index contributed by atoms with van der Waals surface area (Å²) >= 11 is 0. The summed E-state index contributed by atoms with van der Waals surface area (Å²) in [4.78, 5) is 7.67. The first-order valence-corrected chi connectivity index (χ1v) is 9.41. The molecule has 0 unspecified atom stereocenters. The summed E-state index contributed by atoms with van der Waals surface area (Å²) in [5.41, 5.74) is 3.29. The second-order valence-corrected chi connectivity index (χ2v) is 7.54. The fourth-order valence-corrected chi connectivity index (χ4v) is 3.18. The van der Waals surface area contributed by atoms with E-state index < -0.39 is 11.6 Å². The zero-order chi connectivity index (χ0) is 21.3. The molecule has 0 bridgehead atoms. The van der Waals surface area contributed by atoms with Crippen LogP contribution in [0.4, 0.5) is 8.78 Å². The molecule has 0 aliphatic heterocycles.